The van der Waals surface area contributed by atoms with Crippen molar-refractivity contribution in [2.24, 2.45) is 0 Å². The minimum Gasteiger partial charge on any atom is -0.483 e. The molecule has 0 aliphatic heterocycles. The van der Waals surface area contributed by atoms with Gasteiger partial charge in [-0.25, -0.2) is 0 Å². The van der Waals surface area contributed by atoms with Gasteiger partial charge in [-0.1, -0.05) is 15.9 Å². The van der Waals surface area contributed by atoms with E-state index >= 15 is 0 Å². The zero-order chi connectivity index (χ0) is 12.8. The molecule has 1 atom stereocenters. The predicted molar refractivity (Wildman–Crippen MR) is 69.0 cm³/mol. The van der Waals surface area contributed by atoms with E-state index in [0.29, 0.717) is 17.9 Å². The number of aliphatic hydroxyl groups excluding tert-OH is 1. The maximum Gasteiger partial charge on any atom is 0.257 e. The van der Waals surface area contributed by atoms with Gasteiger partial charge >= 0.3 is 0 Å². The third-order valence-electron chi connectivity index (χ3n) is 2.15. The Morgan fingerprint density at radius 1 is 1.59 bits per heavy atom. The summed E-state index contributed by atoms with van der Waals surface area (Å²) in [5.74, 6) is 0.349. The second-order valence-corrected chi connectivity index (χ2v) is 4.52. The molecule has 0 spiro atoms. The number of hydrogen-bond acceptors (Lipinski definition) is 3. The molecule has 0 unspecified atom stereocenters. The summed E-state index contributed by atoms with van der Waals surface area (Å²) in [7, 11) is 0. The van der Waals surface area contributed by atoms with Crippen molar-refractivity contribution in [3.05, 3.63) is 28.2 Å². The molecule has 0 aliphatic carbocycles. The van der Waals surface area contributed by atoms with Crippen LogP contribution in [-0.4, -0.2) is 24.2 Å². The number of carbonyl (C=O) groups excluding carboxylic acids is 1. The standard InChI is InChI=1S/C12H16BrNO3/c1-3-14-12(16)7-17-11-5-4-9(13)6-10(11)8(2)15/h4-6,8,15H,3,7H2,1-2H3,(H,14,16)/t8-/m0/s1. The number of aliphatic hydroxyl groups is 1. The van der Waals surface area contributed by atoms with Crippen LogP contribution < -0.4 is 10.1 Å². The molecule has 4 nitrogen and oxygen atoms in total. The predicted octanol–water partition coefficient (Wildman–Crippen LogP) is 2.02. The van der Waals surface area contributed by atoms with Gasteiger partial charge in [0.25, 0.3) is 5.91 Å². The largest absolute Gasteiger partial charge is 0.483 e. The number of hydrogen-bond donors (Lipinski definition) is 2. The van der Waals surface area contributed by atoms with Gasteiger partial charge in [-0.05, 0) is 32.0 Å². The van der Waals surface area contributed by atoms with Crippen LogP contribution in [0.5, 0.6) is 5.75 Å². The molecular formula is C12H16BrNO3. The third-order valence-corrected chi connectivity index (χ3v) is 2.65. The summed E-state index contributed by atoms with van der Waals surface area (Å²) in [5.41, 5.74) is 0.656. The van der Waals surface area contributed by atoms with Gasteiger partial charge in [-0.2, -0.15) is 0 Å². The van der Waals surface area contributed by atoms with Gasteiger partial charge < -0.3 is 15.2 Å². The third kappa shape index (κ3) is 4.36. The van der Waals surface area contributed by atoms with Crippen LogP contribution in [0.4, 0.5) is 0 Å². The maximum atomic E-state index is 11.3. The molecule has 1 aromatic carbocycles. The number of carbonyl (C=O) groups is 1. The van der Waals surface area contributed by atoms with E-state index < -0.39 is 6.10 Å². The minimum absolute atomic E-state index is 0.0464. The van der Waals surface area contributed by atoms with E-state index in [0.717, 1.165) is 4.47 Å². The number of nitrogens with one attached hydrogen (secondary N) is 1. The molecule has 0 fully saturated rings. The first-order valence-electron chi connectivity index (χ1n) is 5.41. The van der Waals surface area contributed by atoms with Gasteiger partial charge in [0.1, 0.15) is 5.75 Å². The molecule has 94 valence electrons. The summed E-state index contributed by atoms with van der Waals surface area (Å²) in [6.07, 6.45) is -0.642. The van der Waals surface area contributed by atoms with Crippen molar-refractivity contribution in [1.82, 2.24) is 5.32 Å². The molecule has 5 heteroatoms. The first kappa shape index (κ1) is 14.0. The zero-order valence-electron chi connectivity index (χ0n) is 9.87. The molecule has 1 aromatic rings. The molecule has 0 heterocycles. The Bertz CT molecular complexity index is 393. The number of rotatable bonds is 5. The second-order valence-electron chi connectivity index (χ2n) is 3.60. The van der Waals surface area contributed by atoms with Gasteiger partial charge in [0.05, 0.1) is 6.10 Å². The fraction of sp³-hybridized carbons (Fsp3) is 0.417. The van der Waals surface area contributed by atoms with Crippen LogP contribution in [0.3, 0.4) is 0 Å². The number of benzene rings is 1. The van der Waals surface area contributed by atoms with Crippen LogP contribution in [0.25, 0.3) is 0 Å². The molecular weight excluding hydrogens is 286 g/mol. The topological polar surface area (TPSA) is 58.6 Å². The summed E-state index contributed by atoms with van der Waals surface area (Å²) < 4.78 is 6.23. The van der Waals surface area contributed by atoms with E-state index in [1.54, 1.807) is 25.1 Å². The highest BCUT2D eigenvalue weighted by Crippen LogP contribution is 2.28. The summed E-state index contributed by atoms with van der Waals surface area (Å²) in [6, 6.07) is 5.31. The van der Waals surface area contributed by atoms with Crippen molar-refractivity contribution in [2.75, 3.05) is 13.2 Å². The molecule has 17 heavy (non-hydrogen) atoms. The number of ether oxygens (including phenoxy) is 1. The van der Waals surface area contributed by atoms with Gasteiger partial charge in [-0.3, -0.25) is 4.79 Å². The van der Waals surface area contributed by atoms with Crippen LogP contribution in [-0.2, 0) is 4.79 Å². The first-order valence-corrected chi connectivity index (χ1v) is 6.21. The Balaban J connectivity index is 2.73. The zero-order valence-corrected chi connectivity index (χ0v) is 11.5. The van der Waals surface area contributed by atoms with Crippen LogP contribution in [0.15, 0.2) is 22.7 Å². The summed E-state index contributed by atoms with van der Waals surface area (Å²) in [6.45, 7) is 4.03. The molecule has 0 bridgehead atoms. The SMILES string of the molecule is CCNC(=O)COc1ccc(Br)cc1[C@H](C)O. The normalized spacial score (nSPS) is 12.0. The first-order chi connectivity index (χ1) is 8.04. The van der Waals surface area contributed by atoms with Crippen molar-refractivity contribution in [2.45, 2.75) is 20.0 Å². The minimum atomic E-state index is -0.642. The average Bonchev–Trinajstić information content (AvgIpc) is 2.27. The highest BCUT2D eigenvalue weighted by atomic mass is 79.9. The second kappa shape index (κ2) is 6.61. The highest BCUT2D eigenvalue weighted by Gasteiger charge is 2.11. The number of likely N-dealkylation sites (N-methyl/N-ethyl adjacent to an activating group) is 1. The fourth-order valence-corrected chi connectivity index (χ4v) is 1.75. The summed E-state index contributed by atoms with van der Waals surface area (Å²) in [5, 5.41) is 12.2. The molecule has 1 amide bonds. The summed E-state index contributed by atoms with van der Waals surface area (Å²) >= 11 is 3.32. The summed E-state index contributed by atoms with van der Waals surface area (Å²) in [4.78, 5) is 11.3. The fourth-order valence-electron chi connectivity index (χ4n) is 1.37. The van der Waals surface area contributed by atoms with Crippen LogP contribution in [0.2, 0.25) is 0 Å². The van der Waals surface area contributed by atoms with E-state index in [1.165, 1.54) is 0 Å². The molecule has 0 saturated carbocycles. The molecule has 0 aromatic heterocycles. The Morgan fingerprint density at radius 3 is 2.88 bits per heavy atom. The van der Waals surface area contributed by atoms with Crippen molar-refractivity contribution < 1.29 is 14.6 Å². The van der Waals surface area contributed by atoms with Gasteiger partial charge in [0.15, 0.2) is 6.61 Å². The Kier molecular flexibility index (Phi) is 5.44. The van der Waals surface area contributed by atoms with E-state index in [2.05, 4.69) is 21.2 Å². The lowest BCUT2D eigenvalue weighted by atomic mass is 10.1. The molecule has 0 aliphatic rings. The van der Waals surface area contributed by atoms with Crippen molar-refractivity contribution in [1.29, 1.82) is 0 Å². The molecule has 2 N–H and O–H groups in total. The Hall–Kier alpha value is -1.07. The van der Waals surface area contributed by atoms with Crippen LogP contribution in [0.1, 0.15) is 25.5 Å². The van der Waals surface area contributed by atoms with E-state index in [9.17, 15) is 9.90 Å². The average molecular weight is 302 g/mol. The molecule has 1 rings (SSSR count). The van der Waals surface area contributed by atoms with E-state index in [1.807, 2.05) is 6.92 Å². The lowest BCUT2D eigenvalue weighted by Crippen LogP contribution is -2.28. The highest BCUT2D eigenvalue weighted by molar-refractivity contribution is 9.10. The van der Waals surface area contributed by atoms with Gasteiger partial charge in [0.2, 0.25) is 0 Å². The van der Waals surface area contributed by atoms with E-state index in [4.69, 9.17) is 4.74 Å². The number of amides is 1. The van der Waals surface area contributed by atoms with Crippen molar-refractivity contribution in [3.63, 3.8) is 0 Å². The molecule has 0 radical (unpaired) electrons. The smallest absolute Gasteiger partial charge is 0.257 e. The van der Waals surface area contributed by atoms with Crippen LogP contribution >= 0.6 is 15.9 Å². The lowest BCUT2D eigenvalue weighted by molar-refractivity contribution is -0.123. The quantitative estimate of drug-likeness (QED) is 0.875. The van der Waals surface area contributed by atoms with Crippen molar-refractivity contribution >= 4 is 21.8 Å². The molecule has 0 saturated heterocycles. The van der Waals surface area contributed by atoms with E-state index in [-0.39, 0.29) is 12.5 Å². The van der Waals surface area contributed by atoms with Crippen molar-refractivity contribution in [3.8, 4) is 5.75 Å². The van der Waals surface area contributed by atoms with Crippen LogP contribution in [0, 0.1) is 0 Å². The Morgan fingerprint density at radius 2 is 2.29 bits per heavy atom. The maximum absolute atomic E-state index is 11.3. The Labute approximate surface area is 109 Å². The lowest BCUT2D eigenvalue weighted by Gasteiger charge is -2.13. The monoisotopic (exact) mass is 301 g/mol. The number of halogens is 1. The van der Waals surface area contributed by atoms with Gasteiger partial charge in [0, 0.05) is 16.6 Å². The van der Waals surface area contributed by atoms with Gasteiger partial charge in [-0.15, -0.1) is 0 Å².